The summed E-state index contributed by atoms with van der Waals surface area (Å²) < 4.78 is 0. The summed E-state index contributed by atoms with van der Waals surface area (Å²) in [6, 6.07) is 0. The number of hydrogen-bond acceptors (Lipinski definition) is 4. The molecular formula is C8H13N3OS. The van der Waals surface area contributed by atoms with Gasteiger partial charge in [0.25, 0.3) is 5.91 Å². The fourth-order valence-corrected chi connectivity index (χ4v) is 3.01. The van der Waals surface area contributed by atoms with Crippen LogP contribution in [0.3, 0.4) is 0 Å². The first kappa shape index (κ1) is 9.02. The molecule has 0 aromatic carbocycles. The maximum atomic E-state index is 11.7. The normalized spacial score (nSPS) is 33.2. The van der Waals surface area contributed by atoms with Gasteiger partial charge in [-0.25, -0.2) is 5.01 Å². The van der Waals surface area contributed by atoms with Gasteiger partial charge in [0, 0.05) is 12.8 Å². The van der Waals surface area contributed by atoms with E-state index in [0.717, 1.165) is 17.9 Å². The first-order chi connectivity index (χ1) is 6.24. The summed E-state index contributed by atoms with van der Waals surface area (Å²) >= 11 is 1.81. The second-order valence-corrected chi connectivity index (χ2v) is 4.51. The summed E-state index contributed by atoms with van der Waals surface area (Å²) in [5.74, 6) is 1.16. The van der Waals surface area contributed by atoms with E-state index in [-0.39, 0.29) is 17.2 Å². The second-order valence-electron chi connectivity index (χ2n) is 3.26. The van der Waals surface area contributed by atoms with Gasteiger partial charge in [0.05, 0.1) is 11.1 Å². The first-order valence-electron chi connectivity index (χ1n) is 4.38. The molecule has 1 N–H and O–H groups in total. The fraction of sp³-hybridized carbons (Fsp3) is 0.750. The minimum atomic E-state index is -0.0197. The average molecular weight is 199 g/mol. The molecule has 0 radical (unpaired) electrons. The Labute approximate surface area is 81.7 Å². The Morgan fingerprint density at radius 3 is 3.15 bits per heavy atom. The van der Waals surface area contributed by atoms with Gasteiger partial charge in [0.2, 0.25) is 0 Å². The van der Waals surface area contributed by atoms with Crippen molar-refractivity contribution in [1.82, 2.24) is 10.3 Å². The van der Waals surface area contributed by atoms with Crippen molar-refractivity contribution < 1.29 is 4.79 Å². The van der Waals surface area contributed by atoms with Crippen LogP contribution in [0, 0.1) is 5.92 Å². The molecule has 0 bridgehead atoms. The maximum Gasteiger partial charge on any atom is 0.253 e. The van der Waals surface area contributed by atoms with Crippen LogP contribution in [0.15, 0.2) is 5.10 Å². The molecule has 72 valence electrons. The number of nitrogens with zero attached hydrogens (tertiary/aromatic N) is 2. The number of carbonyl (C=O) groups excluding carboxylic acids is 1. The lowest BCUT2D eigenvalue weighted by Gasteiger charge is -2.26. The van der Waals surface area contributed by atoms with Crippen LogP contribution in [0.25, 0.3) is 0 Å². The molecule has 0 spiro atoms. The highest BCUT2D eigenvalue weighted by atomic mass is 32.2. The number of fused-ring (bicyclic) bond motifs is 1. The lowest BCUT2D eigenvalue weighted by Crippen LogP contribution is -2.43. The van der Waals surface area contributed by atoms with E-state index in [0.29, 0.717) is 0 Å². The molecule has 2 unspecified atom stereocenters. The van der Waals surface area contributed by atoms with Gasteiger partial charge >= 0.3 is 0 Å². The third-order valence-corrected chi connectivity index (χ3v) is 3.77. The van der Waals surface area contributed by atoms with Crippen LogP contribution < -0.4 is 5.32 Å². The Kier molecular flexibility index (Phi) is 2.29. The molecule has 0 aromatic heterocycles. The van der Waals surface area contributed by atoms with Gasteiger partial charge in [0.15, 0.2) is 0 Å². The molecule has 0 aromatic rings. The van der Waals surface area contributed by atoms with Crippen molar-refractivity contribution in [2.45, 2.75) is 11.8 Å². The lowest BCUT2D eigenvalue weighted by molar-refractivity contribution is -0.130. The zero-order valence-electron chi connectivity index (χ0n) is 7.78. The number of carbonyl (C=O) groups is 1. The van der Waals surface area contributed by atoms with Crippen molar-refractivity contribution in [3.8, 4) is 0 Å². The van der Waals surface area contributed by atoms with E-state index in [4.69, 9.17) is 0 Å². The Bertz CT molecular complexity index is 266. The summed E-state index contributed by atoms with van der Waals surface area (Å²) in [7, 11) is 3.62. The highest BCUT2D eigenvalue weighted by molar-refractivity contribution is 8.00. The SMILES string of the molecule is CNC1SCCC2=NN(C)C(=O)C21. The molecule has 2 atom stereocenters. The van der Waals surface area contributed by atoms with E-state index in [1.165, 1.54) is 5.01 Å². The zero-order valence-corrected chi connectivity index (χ0v) is 8.60. The Hall–Kier alpha value is -0.550. The quantitative estimate of drug-likeness (QED) is 0.652. The van der Waals surface area contributed by atoms with E-state index in [9.17, 15) is 4.79 Å². The Morgan fingerprint density at radius 2 is 2.46 bits per heavy atom. The van der Waals surface area contributed by atoms with Crippen molar-refractivity contribution in [3.05, 3.63) is 0 Å². The van der Waals surface area contributed by atoms with E-state index in [1.54, 1.807) is 18.8 Å². The molecule has 1 fully saturated rings. The largest absolute Gasteiger partial charge is 0.307 e. The maximum absolute atomic E-state index is 11.7. The predicted octanol–water partition coefficient (Wildman–Crippen LogP) is 0.113. The fourth-order valence-electron chi connectivity index (χ4n) is 1.79. The number of hydrogen-bond donors (Lipinski definition) is 1. The number of amides is 1. The van der Waals surface area contributed by atoms with Crippen molar-refractivity contribution in [2.75, 3.05) is 19.8 Å². The number of nitrogens with one attached hydrogen (secondary N) is 1. The van der Waals surface area contributed by atoms with Gasteiger partial charge in [-0.1, -0.05) is 0 Å². The molecule has 0 saturated carbocycles. The Morgan fingerprint density at radius 1 is 1.69 bits per heavy atom. The first-order valence-corrected chi connectivity index (χ1v) is 5.42. The van der Waals surface area contributed by atoms with Crippen molar-refractivity contribution in [2.24, 2.45) is 11.0 Å². The van der Waals surface area contributed by atoms with Gasteiger partial charge < -0.3 is 5.32 Å². The summed E-state index contributed by atoms with van der Waals surface area (Å²) in [5, 5.41) is 9.08. The van der Waals surface area contributed by atoms with Crippen molar-refractivity contribution >= 4 is 23.4 Å². The van der Waals surface area contributed by atoms with Crippen LogP contribution in [0.2, 0.25) is 0 Å². The summed E-state index contributed by atoms with van der Waals surface area (Å²) in [6.07, 6.45) is 0.948. The van der Waals surface area contributed by atoms with Gasteiger partial charge in [-0.05, 0) is 13.5 Å². The Balaban J connectivity index is 2.23. The molecule has 1 amide bonds. The number of rotatable bonds is 1. The monoisotopic (exact) mass is 199 g/mol. The van der Waals surface area contributed by atoms with Crippen LogP contribution in [0.5, 0.6) is 0 Å². The minimum Gasteiger partial charge on any atom is -0.307 e. The molecule has 2 aliphatic rings. The van der Waals surface area contributed by atoms with Gasteiger partial charge in [-0.15, -0.1) is 11.8 Å². The van der Waals surface area contributed by atoms with Crippen LogP contribution in [0.1, 0.15) is 6.42 Å². The second kappa shape index (κ2) is 3.31. The van der Waals surface area contributed by atoms with Crippen molar-refractivity contribution in [1.29, 1.82) is 0 Å². The van der Waals surface area contributed by atoms with Crippen LogP contribution in [-0.4, -0.2) is 41.8 Å². The van der Waals surface area contributed by atoms with Gasteiger partial charge in [0.1, 0.15) is 5.92 Å². The molecule has 0 aliphatic carbocycles. The zero-order chi connectivity index (χ0) is 9.42. The van der Waals surface area contributed by atoms with E-state index in [2.05, 4.69) is 10.4 Å². The van der Waals surface area contributed by atoms with E-state index >= 15 is 0 Å². The van der Waals surface area contributed by atoms with Crippen LogP contribution >= 0.6 is 11.8 Å². The third-order valence-electron chi connectivity index (χ3n) is 2.47. The molecule has 13 heavy (non-hydrogen) atoms. The van der Waals surface area contributed by atoms with Crippen LogP contribution in [-0.2, 0) is 4.79 Å². The standard InChI is InChI=1S/C8H13N3OS/c1-9-7-6-5(3-4-13-7)10-11(2)8(6)12/h6-7,9H,3-4H2,1-2H3. The van der Waals surface area contributed by atoms with Gasteiger partial charge in [-0.3, -0.25) is 4.79 Å². The molecule has 5 heteroatoms. The predicted molar refractivity (Wildman–Crippen MR) is 53.6 cm³/mol. The number of hydrazone groups is 1. The minimum absolute atomic E-state index is 0.0197. The van der Waals surface area contributed by atoms with E-state index in [1.807, 2.05) is 7.05 Å². The highest BCUT2D eigenvalue weighted by Crippen LogP contribution is 2.31. The summed E-state index contributed by atoms with van der Waals surface area (Å²) in [4.78, 5) is 11.7. The molecule has 2 aliphatic heterocycles. The average Bonchev–Trinajstić information content (AvgIpc) is 2.43. The van der Waals surface area contributed by atoms with E-state index < -0.39 is 0 Å². The molecule has 2 rings (SSSR count). The molecule has 4 nitrogen and oxygen atoms in total. The molecule has 1 saturated heterocycles. The summed E-state index contributed by atoms with van der Waals surface area (Å²) in [5.41, 5.74) is 1.05. The highest BCUT2D eigenvalue weighted by Gasteiger charge is 2.41. The topological polar surface area (TPSA) is 44.7 Å². The lowest BCUT2D eigenvalue weighted by atomic mass is 10.0. The third kappa shape index (κ3) is 1.36. The van der Waals surface area contributed by atoms with Crippen LogP contribution in [0.4, 0.5) is 0 Å². The smallest absolute Gasteiger partial charge is 0.253 e. The van der Waals surface area contributed by atoms with Crippen molar-refractivity contribution in [3.63, 3.8) is 0 Å². The van der Waals surface area contributed by atoms with Gasteiger partial charge in [-0.2, -0.15) is 5.10 Å². The molecule has 2 heterocycles. The summed E-state index contributed by atoms with van der Waals surface area (Å²) in [6.45, 7) is 0. The molecular weight excluding hydrogens is 186 g/mol. The number of thioether (sulfide) groups is 1.